The number of phenols is 1. The van der Waals surface area contributed by atoms with Crippen molar-refractivity contribution in [2.75, 3.05) is 6.54 Å². The maximum absolute atomic E-state index is 10.0. The zero-order chi connectivity index (χ0) is 12.3. The molecular weight excluding hydrogens is 202 g/mol. The lowest BCUT2D eigenvalue weighted by Gasteiger charge is -2.18. The van der Waals surface area contributed by atoms with Gasteiger partial charge in [-0.05, 0) is 38.8 Å². The summed E-state index contributed by atoms with van der Waals surface area (Å²) in [5.41, 5.74) is 2.89. The lowest BCUT2D eigenvalue weighted by molar-refractivity contribution is 0.187. The Morgan fingerprint density at radius 1 is 1.25 bits per heavy atom. The highest BCUT2D eigenvalue weighted by molar-refractivity contribution is 5.45. The van der Waals surface area contributed by atoms with E-state index in [0.717, 1.165) is 16.7 Å². The molecule has 2 atom stereocenters. The first-order chi connectivity index (χ1) is 7.43. The molecule has 3 nitrogen and oxygen atoms in total. The predicted molar refractivity (Wildman–Crippen MR) is 65.7 cm³/mol. The Morgan fingerprint density at radius 2 is 1.88 bits per heavy atom. The summed E-state index contributed by atoms with van der Waals surface area (Å²) in [6.07, 6.45) is -0.379. The van der Waals surface area contributed by atoms with E-state index in [0.29, 0.717) is 12.3 Å². The first kappa shape index (κ1) is 13.0. The van der Waals surface area contributed by atoms with E-state index in [-0.39, 0.29) is 12.1 Å². The lowest BCUT2D eigenvalue weighted by Crippen LogP contribution is -2.27. The van der Waals surface area contributed by atoms with Crippen LogP contribution in [0.3, 0.4) is 0 Å². The van der Waals surface area contributed by atoms with E-state index >= 15 is 0 Å². The van der Waals surface area contributed by atoms with Crippen molar-refractivity contribution in [3.63, 3.8) is 0 Å². The van der Waals surface area contributed by atoms with Crippen molar-refractivity contribution >= 4 is 0 Å². The highest BCUT2D eigenvalue weighted by Crippen LogP contribution is 2.29. The van der Waals surface area contributed by atoms with Gasteiger partial charge in [-0.25, -0.2) is 0 Å². The first-order valence-corrected chi connectivity index (χ1v) is 5.64. The molecule has 1 rings (SSSR count). The quantitative estimate of drug-likeness (QED) is 0.732. The molecule has 0 radical (unpaired) electrons. The molecule has 1 aromatic rings. The normalized spacial score (nSPS) is 14.8. The number of hydrogen-bond acceptors (Lipinski definition) is 3. The van der Waals surface area contributed by atoms with Crippen LogP contribution in [0.15, 0.2) is 12.1 Å². The van der Waals surface area contributed by atoms with Crippen molar-refractivity contribution in [2.45, 2.75) is 39.8 Å². The van der Waals surface area contributed by atoms with Crippen molar-refractivity contribution < 1.29 is 10.2 Å². The third-order valence-electron chi connectivity index (χ3n) is 2.92. The van der Waals surface area contributed by atoms with E-state index in [9.17, 15) is 10.2 Å². The van der Waals surface area contributed by atoms with Gasteiger partial charge in [-0.2, -0.15) is 0 Å². The number of hydrogen-bond donors (Lipinski definition) is 3. The molecule has 3 heteroatoms. The Hall–Kier alpha value is -1.06. The fourth-order valence-corrected chi connectivity index (χ4v) is 1.63. The monoisotopic (exact) mass is 223 g/mol. The average Bonchev–Trinajstić information content (AvgIpc) is 2.23. The minimum Gasteiger partial charge on any atom is -0.507 e. The molecule has 0 spiro atoms. The van der Waals surface area contributed by atoms with Gasteiger partial charge in [-0.3, -0.25) is 0 Å². The van der Waals surface area contributed by atoms with Crippen LogP contribution < -0.4 is 5.32 Å². The summed E-state index contributed by atoms with van der Waals surface area (Å²) >= 11 is 0. The summed E-state index contributed by atoms with van der Waals surface area (Å²) in [4.78, 5) is 0. The van der Waals surface area contributed by atoms with Crippen LogP contribution in [0.4, 0.5) is 0 Å². The number of nitrogens with one attached hydrogen (secondary N) is 1. The fourth-order valence-electron chi connectivity index (χ4n) is 1.63. The molecule has 0 fully saturated rings. The van der Waals surface area contributed by atoms with E-state index < -0.39 is 0 Å². The molecule has 0 amide bonds. The maximum atomic E-state index is 10.0. The molecule has 0 aliphatic heterocycles. The van der Waals surface area contributed by atoms with Gasteiger partial charge < -0.3 is 15.5 Å². The number of phenolic OH excluding ortho intramolecular Hbond substituents is 1. The third kappa shape index (κ3) is 2.97. The van der Waals surface area contributed by atoms with Gasteiger partial charge in [0.1, 0.15) is 5.75 Å². The summed E-state index contributed by atoms with van der Waals surface area (Å²) in [5.74, 6) is 0.352. The molecule has 0 saturated heterocycles. The number of aromatic hydroxyl groups is 1. The van der Waals surface area contributed by atoms with Gasteiger partial charge in [0.15, 0.2) is 0 Å². The zero-order valence-corrected chi connectivity index (χ0v) is 10.4. The van der Waals surface area contributed by atoms with Gasteiger partial charge in [0.2, 0.25) is 0 Å². The summed E-state index contributed by atoms with van der Waals surface area (Å²) in [6, 6.07) is 3.97. The van der Waals surface area contributed by atoms with E-state index in [4.69, 9.17) is 0 Å². The minimum atomic E-state index is -0.379. The van der Waals surface area contributed by atoms with Gasteiger partial charge >= 0.3 is 0 Å². The third-order valence-corrected chi connectivity index (χ3v) is 2.92. The minimum absolute atomic E-state index is 0.0360. The first-order valence-electron chi connectivity index (χ1n) is 5.64. The highest BCUT2D eigenvalue weighted by Gasteiger charge is 2.13. The van der Waals surface area contributed by atoms with E-state index in [1.54, 1.807) is 6.92 Å². The molecule has 0 aromatic heterocycles. The molecular formula is C13H21NO2. The topological polar surface area (TPSA) is 52.5 Å². The van der Waals surface area contributed by atoms with Crippen molar-refractivity contribution in [3.05, 3.63) is 28.8 Å². The SMILES string of the molecule is Cc1ccc(C(C)NC[C@@H](C)O)c(O)c1C. The van der Waals surface area contributed by atoms with Crippen LogP contribution in [0.25, 0.3) is 0 Å². The summed E-state index contributed by atoms with van der Waals surface area (Å²) in [7, 11) is 0. The van der Waals surface area contributed by atoms with Gasteiger partial charge in [0.05, 0.1) is 6.10 Å². The second kappa shape index (κ2) is 5.32. The summed E-state index contributed by atoms with van der Waals surface area (Å²) in [6.45, 7) is 8.13. The van der Waals surface area contributed by atoms with Crippen LogP contribution in [0.2, 0.25) is 0 Å². The van der Waals surface area contributed by atoms with Crippen LogP contribution >= 0.6 is 0 Å². The Kier molecular flexibility index (Phi) is 4.33. The van der Waals surface area contributed by atoms with E-state index in [1.165, 1.54) is 0 Å². The van der Waals surface area contributed by atoms with Crippen LogP contribution in [0, 0.1) is 13.8 Å². The van der Waals surface area contributed by atoms with E-state index in [2.05, 4.69) is 5.32 Å². The van der Waals surface area contributed by atoms with Gasteiger partial charge in [-0.1, -0.05) is 12.1 Å². The highest BCUT2D eigenvalue weighted by atomic mass is 16.3. The number of aryl methyl sites for hydroxylation is 1. The van der Waals surface area contributed by atoms with Crippen molar-refractivity contribution in [1.29, 1.82) is 0 Å². The fraction of sp³-hybridized carbons (Fsp3) is 0.538. The predicted octanol–water partition coefficient (Wildman–Crippen LogP) is 2.04. The summed E-state index contributed by atoms with van der Waals surface area (Å²) < 4.78 is 0. The van der Waals surface area contributed by atoms with Gasteiger partial charge in [0.25, 0.3) is 0 Å². The van der Waals surface area contributed by atoms with Crippen molar-refractivity contribution in [1.82, 2.24) is 5.32 Å². The largest absolute Gasteiger partial charge is 0.507 e. The van der Waals surface area contributed by atoms with Crippen LogP contribution in [0.1, 0.15) is 36.6 Å². The zero-order valence-electron chi connectivity index (χ0n) is 10.4. The number of benzene rings is 1. The molecule has 0 saturated carbocycles. The van der Waals surface area contributed by atoms with Gasteiger partial charge in [-0.15, -0.1) is 0 Å². The Labute approximate surface area is 97.1 Å². The van der Waals surface area contributed by atoms with Gasteiger partial charge in [0, 0.05) is 18.2 Å². The standard InChI is InChI=1S/C13H21NO2/c1-8-5-6-12(13(16)10(8)3)11(4)14-7-9(2)15/h5-6,9,11,14-16H,7H2,1-4H3/t9-,11?/m1/s1. The number of rotatable bonds is 4. The molecule has 90 valence electrons. The molecule has 16 heavy (non-hydrogen) atoms. The average molecular weight is 223 g/mol. The lowest BCUT2D eigenvalue weighted by atomic mass is 10.00. The molecule has 3 N–H and O–H groups in total. The molecule has 0 aliphatic carbocycles. The van der Waals surface area contributed by atoms with Crippen LogP contribution in [-0.2, 0) is 0 Å². The van der Waals surface area contributed by atoms with Crippen LogP contribution in [0.5, 0.6) is 5.75 Å². The Balaban J connectivity index is 2.84. The molecule has 1 unspecified atom stereocenters. The smallest absolute Gasteiger partial charge is 0.123 e. The Morgan fingerprint density at radius 3 is 2.44 bits per heavy atom. The van der Waals surface area contributed by atoms with Crippen LogP contribution in [-0.4, -0.2) is 22.9 Å². The Bertz CT molecular complexity index is 361. The van der Waals surface area contributed by atoms with Crippen molar-refractivity contribution in [2.24, 2.45) is 0 Å². The second-order valence-corrected chi connectivity index (χ2v) is 4.42. The number of aliphatic hydroxyl groups excluding tert-OH is 1. The molecule has 0 aliphatic rings. The second-order valence-electron chi connectivity index (χ2n) is 4.42. The molecule has 0 heterocycles. The molecule has 1 aromatic carbocycles. The summed E-state index contributed by atoms with van der Waals surface area (Å²) in [5, 5.41) is 22.4. The molecule has 0 bridgehead atoms. The number of aliphatic hydroxyl groups is 1. The maximum Gasteiger partial charge on any atom is 0.123 e. The van der Waals surface area contributed by atoms with E-state index in [1.807, 2.05) is 32.9 Å². The van der Waals surface area contributed by atoms with Crippen molar-refractivity contribution in [3.8, 4) is 5.75 Å².